The van der Waals surface area contributed by atoms with E-state index in [4.69, 9.17) is 11.6 Å². The quantitative estimate of drug-likeness (QED) is 0.685. The van der Waals surface area contributed by atoms with E-state index in [1.54, 1.807) is 18.2 Å². The van der Waals surface area contributed by atoms with Crippen LogP contribution in [0.2, 0.25) is 5.02 Å². The number of anilines is 3. The van der Waals surface area contributed by atoms with Crippen molar-refractivity contribution < 1.29 is 22.8 Å². The van der Waals surface area contributed by atoms with Crippen LogP contribution in [0.5, 0.6) is 0 Å². The third-order valence-corrected chi connectivity index (χ3v) is 4.56. The monoisotopic (exact) mass is 426 g/mol. The summed E-state index contributed by atoms with van der Waals surface area (Å²) in [7, 11) is 0. The fourth-order valence-corrected chi connectivity index (χ4v) is 3.18. The molecule has 29 heavy (non-hydrogen) atoms. The van der Waals surface area contributed by atoms with Gasteiger partial charge in [-0.05, 0) is 36.4 Å². The van der Waals surface area contributed by atoms with Crippen molar-refractivity contribution in [1.82, 2.24) is 5.32 Å². The molecule has 1 fully saturated rings. The van der Waals surface area contributed by atoms with E-state index in [0.29, 0.717) is 29.5 Å². The molecule has 0 radical (unpaired) electrons. The number of piperazine rings is 1. The summed E-state index contributed by atoms with van der Waals surface area (Å²) < 4.78 is 38.2. The molecule has 1 aliphatic rings. The molecule has 0 saturated carbocycles. The van der Waals surface area contributed by atoms with Gasteiger partial charge < -0.3 is 20.9 Å². The second kappa shape index (κ2) is 8.60. The molecule has 0 unspecified atom stereocenters. The van der Waals surface area contributed by atoms with Crippen molar-refractivity contribution >= 4 is 40.5 Å². The van der Waals surface area contributed by atoms with Crippen LogP contribution in [-0.2, 0) is 15.8 Å². The third-order valence-electron chi connectivity index (χ3n) is 4.25. The fraction of sp³-hybridized carbons (Fsp3) is 0.263. The second-order valence-electron chi connectivity index (χ2n) is 6.42. The topological polar surface area (TPSA) is 73.5 Å². The lowest BCUT2D eigenvalue weighted by Crippen LogP contribution is -2.47. The molecule has 1 aliphatic heterocycles. The summed E-state index contributed by atoms with van der Waals surface area (Å²) >= 11 is 6.28. The molecule has 0 bridgehead atoms. The van der Waals surface area contributed by atoms with Gasteiger partial charge in [0.2, 0.25) is 11.8 Å². The van der Waals surface area contributed by atoms with Gasteiger partial charge in [-0.25, -0.2) is 0 Å². The molecule has 2 amide bonds. The molecular formula is C19H18ClF3N4O2. The van der Waals surface area contributed by atoms with E-state index >= 15 is 0 Å². The molecule has 6 nitrogen and oxygen atoms in total. The lowest BCUT2D eigenvalue weighted by molar-refractivity contribution is -0.137. The summed E-state index contributed by atoms with van der Waals surface area (Å²) in [6, 6.07) is 9.53. The van der Waals surface area contributed by atoms with Gasteiger partial charge in [0.15, 0.2) is 0 Å². The van der Waals surface area contributed by atoms with E-state index in [-0.39, 0.29) is 24.7 Å². The number of hydrogen-bond acceptors (Lipinski definition) is 4. The zero-order valence-corrected chi connectivity index (χ0v) is 15.9. The highest BCUT2D eigenvalue weighted by atomic mass is 35.5. The molecule has 154 valence electrons. The van der Waals surface area contributed by atoms with Crippen LogP contribution in [-0.4, -0.2) is 38.0 Å². The van der Waals surface area contributed by atoms with Crippen LogP contribution in [0, 0.1) is 0 Å². The lowest BCUT2D eigenvalue weighted by Gasteiger charge is -2.29. The zero-order valence-electron chi connectivity index (χ0n) is 15.1. The molecule has 1 saturated heterocycles. The number of hydrogen-bond donors (Lipinski definition) is 3. The highest BCUT2D eigenvalue weighted by Crippen LogP contribution is 2.31. The number of carbonyl (C=O) groups is 2. The first kappa shape index (κ1) is 20.8. The van der Waals surface area contributed by atoms with Gasteiger partial charge in [-0.15, -0.1) is 0 Å². The van der Waals surface area contributed by atoms with E-state index in [1.165, 1.54) is 12.1 Å². The van der Waals surface area contributed by atoms with E-state index in [0.717, 1.165) is 12.1 Å². The maximum atomic E-state index is 12.7. The van der Waals surface area contributed by atoms with Gasteiger partial charge in [-0.3, -0.25) is 9.59 Å². The molecule has 10 heteroatoms. The van der Waals surface area contributed by atoms with Crippen LogP contribution in [0.25, 0.3) is 0 Å². The van der Waals surface area contributed by atoms with Crippen molar-refractivity contribution in [3.63, 3.8) is 0 Å². The average Bonchev–Trinajstić information content (AvgIpc) is 2.66. The summed E-state index contributed by atoms with van der Waals surface area (Å²) in [5, 5.41) is 8.40. The predicted molar refractivity (Wildman–Crippen MR) is 105 cm³/mol. The van der Waals surface area contributed by atoms with Crippen molar-refractivity contribution in [3.8, 4) is 0 Å². The maximum Gasteiger partial charge on any atom is 0.416 e. The van der Waals surface area contributed by atoms with E-state index in [2.05, 4.69) is 16.0 Å². The third kappa shape index (κ3) is 5.54. The summed E-state index contributed by atoms with van der Waals surface area (Å²) in [6.07, 6.45) is -4.45. The Morgan fingerprint density at radius 1 is 1.17 bits per heavy atom. The number of carbonyl (C=O) groups excluding carboxylic acids is 2. The predicted octanol–water partition coefficient (Wildman–Crippen LogP) is 3.35. The van der Waals surface area contributed by atoms with Gasteiger partial charge in [0.1, 0.15) is 0 Å². The SMILES string of the molecule is O=C1CN(c2ccc(NC(=O)CNc3cccc(C(F)(F)F)c3)cc2Cl)CCN1. The molecule has 0 aliphatic carbocycles. The van der Waals surface area contributed by atoms with Crippen LogP contribution in [0.1, 0.15) is 5.56 Å². The first-order valence-corrected chi connectivity index (χ1v) is 9.12. The minimum absolute atomic E-state index is 0.0923. The summed E-state index contributed by atoms with van der Waals surface area (Å²) in [5.74, 6) is -0.533. The van der Waals surface area contributed by atoms with E-state index in [9.17, 15) is 22.8 Å². The number of alkyl halides is 3. The van der Waals surface area contributed by atoms with Gasteiger partial charge in [-0.1, -0.05) is 17.7 Å². The van der Waals surface area contributed by atoms with Crippen molar-refractivity contribution in [2.45, 2.75) is 6.18 Å². The number of amides is 2. The summed E-state index contributed by atoms with van der Waals surface area (Å²) in [5.41, 5.74) is 0.515. The van der Waals surface area contributed by atoms with Gasteiger partial charge in [-0.2, -0.15) is 13.2 Å². The minimum atomic E-state index is -4.45. The van der Waals surface area contributed by atoms with E-state index in [1.807, 2.05) is 4.90 Å². The Hall–Kier alpha value is -2.94. The number of nitrogens with zero attached hydrogens (tertiary/aromatic N) is 1. The molecule has 0 atom stereocenters. The Bertz CT molecular complexity index is 921. The first-order valence-electron chi connectivity index (χ1n) is 8.74. The minimum Gasteiger partial charge on any atom is -0.376 e. The lowest BCUT2D eigenvalue weighted by atomic mass is 10.2. The first-order chi connectivity index (χ1) is 13.7. The largest absolute Gasteiger partial charge is 0.416 e. The average molecular weight is 427 g/mol. The molecule has 0 spiro atoms. The fourth-order valence-electron chi connectivity index (χ4n) is 2.88. The standard InChI is InChI=1S/C19H18ClF3N4O2/c20-15-9-14(4-5-16(15)27-7-6-24-18(29)11-27)26-17(28)10-25-13-3-1-2-12(8-13)19(21,22)23/h1-5,8-9,25H,6-7,10-11H2,(H,24,29)(H,26,28). The number of halogens is 4. The van der Waals surface area contributed by atoms with Crippen molar-refractivity contribution in [3.05, 3.63) is 53.1 Å². The van der Waals surface area contributed by atoms with Crippen LogP contribution < -0.4 is 20.9 Å². The number of nitrogens with one attached hydrogen (secondary N) is 3. The Labute approximate surface area is 170 Å². The van der Waals surface area contributed by atoms with Crippen molar-refractivity contribution in [2.75, 3.05) is 41.7 Å². The molecule has 3 rings (SSSR count). The Morgan fingerprint density at radius 2 is 1.97 bits per heavy atom. The second-order valence-corrected chi connectivity index (χ2v) is 6.83. The Morgan fingerprint density at radius 3 is 2.66 bits per heavy atom. The molecule has 2 aromatic carbocycles. The maximum absolute atomic E-state index is 12.7. The van der Waals surface area contributed by atoms with Gasteiger partial charge in [0.05, 0.1) is 29.4 Å². The summed E-state index contributed by atoms with van der Waals surface area (Å²) in [6.45, 7) is 1.13. The number of rotatable bonds is 5. The highest BCUT2D eigenvalue weighted by Gasteiger charge is 2.30. The Balaban J connectivity index is 1.58. The molecule has 3 N–H and O–H groups in total. The van der Waals surface area contributed by atoms with Crippen LogP contribution >= 0.6 is 11.6 Å². The molecular weight excluding hydrogens is 409 g/mol. The van der Waals surface area contributed by atoms with Crippen LogP contribution in [0.3, 0.4) is 0 Å². The van der Waals surface area contributed by atoms with Crippen molar-refractivity contribution in [1.29, 1.82) is 0 Å². The van der Waals surface area contributed by atoms with Crippen LogP contribution in [0.15, 0.2) is 42.5 Å². The van der Waals surface area contributed by atoms with Crippen molar-refractivity contribution in [2.24, 2.45) is 0 Å². The molecule has 0 aromatic heterocycles. The van der Waals surface area contributed by atoms with Gasteiger partial charge in [0, 0.05) is 24.5 Å². The molecule has 2 aromatic rings. The smallest absolute Gasteiger partial charge is 0.376 e. The normalized spacial score (nSPS) is 14.3. The van der Waals surface area contributed by atoms with Gasteiger partial charge in [0.25, 0.3) is 0 Å². The van der Waals surface area contributed by atoms with Crippen LogP contribution in [0.4, 0.5) is 30.2 Å². The zero-order chi connectivity index (χ0) is 21.0. The molecule has 1 heterocycles. The highest BCUT2D eigenvalue weighted by molar-refractivity contribution is 6.33. The summed E-state index contributed by atoms with van der Waals surface area (Å²) in [4.78, 5) is 25.5. The number of benzene rings is 2. The van der Waals surface area contributed by atoms with E-state index < -0.39 is 17.6 Å². The van der Waals surface area contributed by atoms with Gasteiger partial charge >= 0.3 is 6.18 Å². The Kier molecular flexibility index (Phi) is 6.17.